The van der Waals surface area contributed by atoms with Crippen molar-refractivity contribution in [3.8, 4) is 22.8 Å². The highest BCUT2D eigenvalue weighted by Gasteiger charge is 2.38. The number of rotatable bonds is 5. The molecule has 0 spiro atoms. The summed E-state index contributed by atoms with van der Waals surface area (Å²) >= 11 is 8.35. The Balaban J connectivity index is 1.96. The second-order valence-electron chi connectivity index (χ2n) is 6.50. The van der Waals surface area contributed by atoms with Gasteiger partial charge in [-0.3, -0.25) is 9.78 Å². The smallest absolute Gasteiger partial charge is 0.325 e. The topological polar surface area (TPSA) is 91.1 Å². The fourth-order valence-corrected chi connectivity index (χ4v) is 4.76. The number of thioether (sulfide) groups is 1. The van der Waals surface area contributed by atoms with Gasteiger partial charge in [0.25, 0.3) is 6.17 Å². The molecule has 156 valence electrons. The molecule has 0 unspecified atom stereocenters. The number of benzene rings is 2. The zero-order valence-corrected chi connectivity index (χ0v) is 20.2. The van der Waals surface area contributed by atoms with E-state index in [1.807, 2.05) is 32.0 Å². The van der Waals surface area contributed by atoms with Crippen LogP contribution in [0.3, 0.4) is 0 Å². The van der Waals surface area contributed by atoms with Gasteiger partial charge in [0.1, 0.15) is 0 Å². The number of anilines is 1. The molecule has 1 aliphatic rings. The molecule has 2 heterocycles. The van der Waals surface area contributed by atoms with E-state index in [-0.39, 0.29) is 11.3 Å². The molecule has 1 atom stereocenters. The van der Waals surface area contributed by atoms with E-state index in [2.05, 4.69) is 42.2 Å². The number of H-pyrrole nitrogens is 1. The molecule has 3 N–H and O–H groups in total. The molecule has 0 saturated carbocycles. The summed E-state index contributed by atoms with van der Waals surface area (Å²) in [5.74, 6) is 1.18. The zero-order chi connectivity index (χ0) is 21.4. The molecule has 0 saturated heterocycles. The van der Waals surface area contributed by atoms with Crippen LogP contribution in [0, 0.1) is 0 Å². The first kappa shape index (κ1) is 21.2. The van der Waals surface area contributed by atoms with Crippen LogP contribution in [0.5, 0.6) is 11.5 Å². The number of aromatic amines is 1. The lowest BCUT2D eigenvalue weighted by Crippen LogP contribution is -2.55. The van der Waals surface area contributed by atoms with Gasteiger partial charge in [-0.25, -0.2) is 0 Å². The lowest BCUT2D eigenvalue weighted by Gasteiger charge is -2.23. The van der Waals surface area contributed by atoms with Gasteiger partial charge in [-0.15, -0.1) is 0 Å². The van der Waals surface area contributed by atoms with Crippen molar-refractivity contribution < 1.29 is 14.5 Å². The maximum atomic E-state index is 13.1. The number of fused-ring (bicyclic) bond motifs is 3. The van der Waals surface area contributed by atoms with E-state index in [9.17, 15) is 9.90 Å². The van der Waals surface area contributed by atoms with E-state index in [4.69, 9.17) is 9.84 Å². The summed E-state index contributed by atoms with van der Waals surface area (Å²) in [6, 6.07) is 9.29. The lowest BCUT2D eigenvalue weighted by atomic mass is 10.0. The highest BCUT2D eigenvalue weighted by molar-refractivity contribution is 9.10. The predicted octanol–water partition coefficient (Wildman–Crippen LogP) is 4.44. The number of nitrogens with zero attached hydrogens (tertiary/aromatic N) is 2. The number of aromatic hydroxyl groups is 1. The summed E-state index contributed by atoms with van der Waals surface area (Å²) in [4.78, 5) is 15.9. The first-order valence-electron chi connectivity index (χ1n) is 9.33. The molecule has 4 rings (SSSR count). The van der Waals surface area contributed by atoms with Crippen molar-refractivity contribution in [3.63, 3.8) is 0 Å². The van der Waals surface area contributed by atoms with Gasteiger partial charge in [-0.1, -0.05) is 34.6 Å². The van der Waals surface area contributed by atoms with E-state index < -0.39 is 6.17 Å². The van der Waals surface area contributed by atoms with Crippen LogP contribution in [0.15, 0.2) is 49.2 Å². The van der Waals surface area contributed by atoms with Crippen LogP contribution in [0.1, 0.15) is 25.6 Å². The van der Waals surface area contributed by atoms with Crippen LogP contribution in [0.4, 0.5) is 5.69 Å². The Morgan fingerprint density at radius 3 is 2.80 bits per heavy atom. The van der Waals surface area contributed by atoms with E-state index in [0.717, 1.165) is 27.0 Å². The summed E-state index contributed by atoms with van der Waals surface area (Å²) in [5.41, 5.74) is 2.60. The van der Waals surface area contributed by atoms with Gasteiger partial charge in [0.15, 0.2) is 11.5 Å². The van der Waals surface area contributed by atoms with Gasteiger partial charge < -0.3 is 15.2 Å². The fraction of sp³-hybridized carbons (Fsp3) is 0.250. The monoisotopic (exact) mass is 553 g/mol. The van der Waals surface area contributed by atoms with Crippen LogP contribution in [0.25, 0.3) is 11.3 Å². The first-order chi connectivity index (χ1) is 14.4. The van der Waals surface area contributed by atoms with E-state index >= 15 is 0 Å². The SMILES string of the molecule is CCOc1cc([C@@H]2Nc3ccc(Br)cc3-c3c(=O)[nH]c(SCC)n[n+]32)cc(Br)c1O. The minimum atomic E-state index is -0.469. The molecule has 0 bridgehead atoms. The van der Waals surface area contributed by atoms with Gasteiger partial charge in [0, 0.05) is 15.1 Å². The highest BCUT2D eigenvalue weighted by atomic mass is 79.9. The quantitative estimate of drug-likeness (QED) is 0.319. The maximum absolute atomic E-state index is 13.1. The van der Waals surface area contributed by atoms with Gasteiger partial charge in [-0.05, 0) is 63.6 Å². The molecule has 10 heteroatoms. The van der Waals surface area contributed by atoms with Gasteiger partial charge in [-0.2, -0.15) is 0 Å². The predicted molar refractivity (Wildman–Crippen MR) is 123 cm³/mol. The van der Waals surface area contributed by atoms with E-state index in [1.165, 1.54) is 11.8 Å². The number of hydrogen-bond acceptors (Lipinski definition) is 6. The van der Waals surface area contributed by atoms with Crippen molar-refractivity contribution in [2.45, 2.75) is 25.2 Å². The molecule has 0 radical (unpaired) electrons. The number of halogens is 2. The standard InChI is InChI=1S/C20H18Br2N4O3S/c1-3-29-15-8-10(7-13(22)17(15)27)18-23-14-6-5-11(21)9-12(14)16-19(28)24-20(30-4-2)25-26(16)18/h5-9,18H,3-4H2,1-2H3,(H2,24,25,27,28)/p+1/t18-/m1/s1. The summed E-state index contributed by atoms with van der Waals surface area (Å²) in [6.07, 6.45) is -0.469. The molecule has 1 aliphatic heterocycles. The van der Waals surface area contributed by atoms with E-state index in [1.54, 1.807) is 16.8 Å². The average Bonchev–Trinajstić information content (AvgIpc) is 2.71. The van der Waals surface area contributed by atoms with Crippen LogP contribution >= 0.6 is 43.6 Å². The molecule has 2 aromatic carbocycles. The van der Waals surface area contributed by atoms with Crippen LogP contribution < -0.4 is 20.3 Å². The van der Waals surface area contributed by atoms with Crippen molar-refractivity contribution in [1.29, 1.82) is 0 Å². The number of ether oxygens (including phenoxy) is 1. The minimum Gasteiger partial charge on any atom is -0.503 e. The van der Waals surface area contributed by atoms with Crippen molar-refractivity contribution in [1.82, 2.24) is 10.1 Å². The first-order valence-corrected chi connectivity index (χ1v) is 11.9. The summed E-state index contributed by atoms with van der Waals surface area (Å²) in [5, 5.41) is 19.0. The van der Waals surface area contributed by atoms with Crippen molar-refractivity contribution >= 4 is 49.3 Å². The normalized spacial score (nSPS) is 14.6. The third-order valence-corrected chi connectivity index (χ3v) is 6.43. The van der Waals surface area contributed by atoms with Crippen LogP contribution in [-0.4, -0.2) is 27.5 Å². The number of hydrogen-bond donors (Lipinski definition) is 3. The number of aromatic nitrogens is 3. The Morgan fingerprint density at radius 1 is 1.27 bits per heavy atom. The third kappa shape index (κ3) is 3.83. The summed E-state index contributed by atoms with van der Waals surface area (Å²) in [6.45, 7) is 4.27. The Kier molecular flexibility index (Phi) is 6.08. The Labute approximate surface area is 194 Å². The lowest BCUT2D eigenvalue weighted by molar-refractivity contribution is -0.759. The van der Waals surface area contributed by atoms with Crippen LogP contribution in [-0.2, 0) is 0 Å². The second-order valence-corrected chi connectivity index (χ2v) is 9.53. The third-order valence-electron chi connectivity index (χ3n) is 4.58. The number of phenolic OH excluding ortho intramolecular Hbond substituents is 1. The molecular weight excluding hydrogens is 536 g/mol. The van der Waals surface area contributed by atoms with Crippen molar-refractivity contribution in [3.05, 3.63) is 55.2 Å². The largest absolute Gasteiger partial charge is 0.503 e. The summed E-state index contributed by atoms with van der Waals surface area (Å²) < 4.78 is 8.66. The zero-order valence-electron chi connectivity index (χ0n) is 16.2. The minimum absolute atomic E-state index is 0.0343. The Morgan fingerprint density at radius 2 is 2.07 bits per heavy atom. The molecule has 1 aromatic heterocycles. The second kappa shape index (κ2) is 8.60. The fourth-order valence-electron chi connectivity index (χ4n) is 3.36. The van der Waals surface area contributed by atoms with E-state index in [0.29, 0.717) is 27.7 Å². The average molecular weight is 555 g/mol. The van der Waals surface area contributed by atoms with Gasteiger partial charge in [0.2, 0.25) is 5.16 Å². The van der Waals surface area contributed by atoms with Crippen LogP contribution in [0.2, 0.25) is 0 Å². The Bertz CT molecular complexity index is 1190. The molecule has 0 aliphatic carbocycles. The molecule has 3 aromatic rings. The van der Waals surface area contributed by atoms with Gasteiger partial charge >= 0.3 is 11.3 Å². The number of phenols is 1. The molecule has 30 heavy (non-hydrogen) atoms. The maximum Gasteiger partial charge on any atom is 0.325 e. The summed E-state index contributed by atoms with van der Waals surface area (Å²) in [7, 11) is 0. The number of nitrogens with one attached hydrogen (secondary N) is 2. The van der Waals surface area contributed by atoms with Gasteiger partial charge in [0.05, 0.1) is 22.3 Å². The van der Waals surface area contributed by atoms with Crippen molar-refractivity contribution in [2.75, 3.05) is 17.7 Å². The molecule has 7 nitrogen and oxygen atoms in total. The Hall–Kier alpha value is -2.04. The molecule has 0 amide bonds. The molecular formula is C20H19Br2N4O3S+. The molecule has 0 fully saturated rings. The highest BCUT2D eigenvalue weighted by Crippen LogP contribution is 2.39. The van der Waals surface area contributed by atoms with Crippen molar-refractivity contribution in [2.24, 2.45) is 0 Å².